The third-order valence-electron chi connectivity index (χ3n) is 2.73. The Bertz CT molecular complexity index is 684. The summed E-state index contributed by atoms with van der Waals surface area (Å²) in [6.07, 6.45) is -4.46. The van der Waals surface area contributed by atoms with E-state index in [2.05, 4.69) is 4.98 Å². The molecule has 1 aromatic heterocycles. The molecule has 116 valence electrons. The molecule has 0 saturated carbocycles. The molecule has 0 aliphatic heterocycles. The van der Waals surface area contributed by atoms with Gasteiger partial charge in [0.1, 0.15) is 17.1 Å². The minimum Gasteiger partial charge on any atom is -0.482 e. The van der Waals surface area contributed by atoms with Crippen molar-refractivity contribution in [2.75, 3.05) is 6.61 Å². The zero-order valence-corrected chi connectivity index (χ0v) is 12.2. The molecule has 2 rings (SSSR count). The van der Waals surface area contributed by atoms with E-state index in [1.54, 1.807) is 24.3 Å². The third kappa shape index (κ3) is 4.21. The van der Waals surface area contributed by atoms with Crippen molar-refractivity contribution in [3.05, 3.63) is 47.1 Å². The number of hydrogen-bond donors (Lipinski definition) is 0. The first kappa shape index (κ1) is 16.3. The molecule has 0 saturated heterocycles. The average Bonchev–Trinajstić information content (AvgIpc) is 2.45. The van der Waals surface area contributed by atoms with Crippen LogP contribution in [0.3, 0.4) is 0 Å². The maximum Gasteiger partial charge on any atom is 0.422 e. The van der Waals surface area contributed by atoms with E-state index in [1.165, 1.54) is 19.1 Å². The summed E-state index contributed by atoms with van der Waals surface area (Å²) in [6.45, 7) is -0.112. The lowest BCUT2D eigenvalue weighted by Gasteiger charge is -2.13. The zero-order valence-electron chi connectivity index (χ0n) is 11.4. The number of ketones is 1. The van der Waals surface area contributed by atoms with Crippen LogP contribution in [0.15, 0.2) is 36.4 Å². The van der Waals surface area contributed by atoms with Crippen LogP contribution in [0, 0.1) is 0 Å². The molecule has 0 aliphatic rings. The number of carbonyl (C=O) groups is 1. The predicted molar refractivity (Wildman–Crippen MR) is 76.2 cm³/mol. The summed E-state index contributed by atoms with van der Waals surface area (Å²) in [6, 6.07) is 8.97. The largest absolute Gasteiger partial charge is 0.482 e. The Hall–Kier alpha value is -2.08. The summed E-state index contributed by atoms with van der Waals surface area (Å²) >= 11 is 5.79. The Morgan fingerprint density at radius 1 is 1.18 bits per heavy atom. The molecule has 2 aromatic rings. The Morgan fingerprint density at radius 3 is 2.36 bits per heavy atom. The van der Waals surface area contributed by atoms with E-state index in [9.17, 15) is 18.0 Å². The second-order valence-electron chi connectivity index (χ2n) is 4.51. The molecule has 7 heteroatoms. The first-order valence-corrected chi connectivity index (χ1v) is 6.61. The number of Topliss-reactive ketones (excluding diaryl/α,β-unsaturated/α-hetero) is 1. The summed E-state index contributed by atoms with van der Waals surface area (Å²) in [5.41, 5.74) is 0.808. The van der Waals surface area contributed by atoms with Crippen molar-refractivity contribution in [3.8, 4) is 17.0 Å². The molecule has 0 spiro atoms. The number of ether oxygens (including phenoxy) is 1. The SMILES string of the molecule is CC(=O)c1ccc(OCC(F)(F)F)c(-c2ccc(Cl)cc2)n1. The third-order valence-corrected chi connectivity index (χ3v) is 2.98. The van der Waals surface area contributed by atoms with Crippen molar-refractivity contribution >= 4 is 17.4 Å². The number of benzene rings is 1. The zero-order chi connectivity index (χ0) is 16.3. The molecule has 1 heterocycles. The highest BCUT2D eigenvalue weighted by atomic mass is 35.5. The summed E-state index contributed by atoms with van der Waals surface area (Å²) in [4.78, 5) is 15.5. The fourth-order valence-corrected chi connectivity index (χ4v) is 1.86. The van der Waals surface area contributed by atoms with E-state index < -0.39 is 12.8 Å². The fourth-order valence-electron chi connectivity index (χ4n) is 1.73. The van der Waals surface area contributed by atoms with Gasteiger partial charge in [-0.3, -0.25) is 4.79 Å². The molecule has 1 aromatic carbocycles. The first-order chi connectivity index (χ1) is 10.3. The van der Waals surface area contributed by atoms with Crippen LogP contribution in [0.25, 0.3) is 11.3 Å². The maximum atomic E-state index is 12.3. The Morgan fingerprint density at radius 2 is 1.82 bits per heavy atom. The summed E-state index contributed by atoms with van der Waals surface area (Å²) < 4.78 is 41.7. The molecule has 0 aliphatic carbocycles. The molecular formula is C15H11ClF3NO2. The van der Waals surface area contributed by atoms with Gasteiger partial charge < -0.3 is 4.74 Å². The van der Waals surface area contributed by atoms with E-state index in [-0.39, 0.29) is 22.9 Å². The van der Waals surface area contributed by atoms with E-state index >= 15 is 0 Å². The highest BCUT2D eigenvalue weighted by Crippen LogP contribution is 2.30. The monoisotopic (exact) mass is 329 g/mol. The lowest BCUT2D eigenvalue weighted by Crippen LogP contribution is -2.19. The summed E-state index contributed by atoms with van der Waals surface area (Å²) in [5, 5.41) is 0.476. The van der Waals surface area contributed by atoms with Crippen LogP contribution in [0.5, 0.6) is 5.75 Å². The molecule has 0 amide bonds. The standard InChI is InChI=1S/C15H11ClF3NO2/c1-9(21)12-6-7-13(22-8-15(17,18)19)14(20-12)10-2-4-11(16)5-3-10/h2-7H,8H2,1H3. The van der Waals surface area contributed by atoms with Gasteiger partial charge in [0.25, 0.3) is 0 Å². The number of pyridine rings is 1. The number of rotatable bonds is 4. The number of alkyl halides is 3. The van der Waals surface area contributed by atoms with Gasteiger partial charge in [-0.25, -0.2) is 4.98 Å². The topological polar surface area (TPSA) is 39.2 Å². The van der Waals surface area contributed by atoms with Crippen molar-refractivity contribution in [2.45, 2.75) is 13.1 Å². The molecule has 0 radical (unpaired) electrons. The quantitative estimate of drug-likeness (QED) is 0.773. The lowest BCUT2D eigenvalue weighted by atomic mass is 10.1. The molecular weight excluding hydrogens is 319 g/mol. The van der Waals surface area contributed by atoms with E-state index in [0.717, 1.165) is 0 Å². The van der Waals surface area contributed by atoms with E-state index in [0.29, 0.717) is 10.6 Å². The number of nitrogens with zero attached hydrogens (tertiary/aromatic N) is 1. The first-order valence-electron chi connectivity index (χ1n) is 6.24. The average molecular weight is 330 g/mol. The van der Waals surface area contributed by atoms with Gasteiger partial charge in [-0.05, 0) is 24.3 Å². The highest BCUT2D eigenvalue weighted by molar-refractivity contribution is 6.30. The van der Waals surface area contributed by atoms with Crippen LogP contribution in [0.2, 0.25) is 5.02 Å². The minimum absolute atomic E-state index is 0.0513. The molecule has 0 fully saturated rings. The summed E-state index contributed by atoms with van der Waals surface area (Å²) in [7, 11) is 0. The van der Waals surface area contributed by atoms with Crippen molar-refractivity contribution in [3.63, 3.8) is 0 Å². The predicted octanol–water partition coefficient (Wildman–Crippen LogP) is 4.55. The molecule has 0 atom stereocenters. The second kappa shape index (κ2) is 6.36. The number of aromatic nitrogens is 1. The van der Waals surface area contributed by atoms with Crippen LogP contribution in [0.4, 0.5) is 13.2 Å². The van der Waals surface area contributed by atoms with E-state index in [1.807, 2.05) is 0 Å². The Labute approximate surface area is 129 Å². The van der Waals surface area contributed by atoms with Gasteiger partial charge in [0, 0.05) is 17.5 Å². The van der Waals surface area contributed by atoms with Crippen LogP contribution in [-0.2, 0) is 0 Å². The highest BCUT2D eigenvalue weighted by Gasteiger charge is 2.29. The number of hydrogen-bond acceptors (Lipinski definition) is 3. The van der Waals surface area contributed by atoms with Gasteiger partial charge in [-0.15, -0.1) is 0 Å². The van der Waals surface area contributed by atoms with E-state index in [4.69, 9.17) is 16.3 Å². The van der Waals surface area contributed by atoms with Gasteiger partial charge >= 0.3 is 6.18 Å². The number of halogens is 4. The fraction of sp³-hybridized carbons (Fsp3) is 0.200. The lowest BCUT2D eigenvalue weighted by molar-refractivity contribution is -0.153. The van der Waals surface area contributed by atoms with Crippen molar-refractivity contribution in [2.24, 2.45) is 0 Å². The van der Waals surface area contributed by atoms with Gasteiger partial charge in [-0.2, -0.15) is 13.2 Å². The molecule has 0 N–H and O–H groups in total. The van der Waals surface area contributed by atoms with Gasteiger partial charge in [0.2, 0.25) is 0 Å². The minimum atomic E-state index is -4.46. The Balaban J connectivity index is 2.44. The van der Waals surface area contributed by atoms with Crippen LogP contribution in [-0.4, -0.2) is 23.6 Å². The number of carbonyl (C=O) groups excluding carboxylic acids is 1. The van der Waals surface area contributed by atoms with Crippen LogP contribution in [0.1, 0.15) is 17.4 Å². The van der Waals surface area contributed by atoms with Gasteiger partial charge in [0.05, 0.1) is 0 Å². The van der Waals surface area contributed by atoms with Crippen molar-refractivity contribution in [1.82, 2.24) is 4.98 Å². The molecule has 3 nitrogen and oxygen atoms in total. The molecule has 0 bridgehead atoms. The van der Waals surface area contributed by atoms with Gasteiger partial charge in [-0.1, -0.05) is 23.7 Å². The molecule has 22 heavy (non-hydrogen) atoms. The summed E-state index contributed by atoms with van der Waals surface area (Å²) in [5.74, 6) is -0.345. The smallest absolute Gasteiger partial charge is 0.422 e. The second-order valence-corrected chi connectivity index (χ2v) is 4.95. The van der Waals surface area contributed by atoms with Crippen molar-refractivity contribution < 1.29 is 22.7 Å². The van der Waals surface area contributed by atoms with Crippen LogP contribution < -0.4 is 4.74 Å². The molecule has 0 unspecified atom stereocenters. The van der Waals surface area contributed by atoms with Gasteiger partial charge in [0.15, 0.2) is 12.4 Å². The Kier molecular flexibility index (Phi) is 4.71. The van der Waals surface area contributed by atoms with Crippen LogP contribution >= 0.6 is 11.6 Å². The maximum absolute atomic E-state index is 12.3. The van der Waals surface area contributed by atoms with Crippen molar-refractivity contribution in [1.29, 1.82) is 0 Å². The normalized spacial score (nSPS) is 11.3.